The zero-order valence-electron chi connectivity index (χ0n) is 10.3. The lowest BCUT2D eigenvalue weighted by atomic mass is 9.43. The summed E-state index contributed by atoms with van der Waals surface area (Å²) in [5, 5.41) is 0. The summed E-state index contributed by atoms with van der Waals surface area (Å²) < 4.78 is 0. The zero-order valence-corrected chi connectivity index (χ0v) is 10.3. The van der Waals surface area contributed by atoms with Crippen LogP contribution in [-0.2, 0) is 0 Å². The Labute approximate surface area is 94.1 Å². The van der Waals surface area contributed by atoms with E-state index in [1.807, 2.05) is 0 Å². The van der Waals surface area contributed by atoms with Crippen molar-refractivity contribution in [2.45, 2.75) is 58.8 Å². The lowest BCUT2D eigenvalue weighted by Crippen LogP contribution is -2.50. The molecule has 2 atom stereocenters. The van der Waals surface area contributed by atoms with Gasteiger partial charge in [0.1, 0.15) is 0 Å². The van der Waals surface area contributed by atoms with Crippen LogP contribution in [0.25, 0.3) is 0 Å². The SMILES string of the molecule is C/C=C\C12CC3CC(C1)CC(CC)(C3)C2. The topological polar surface area (TPSA) is 0 Å². The predicted octanol–water partition coefficient (Wildman–Crippen LogP) is 4.56. The molecule has 0 aromatic rings. The predicted molar refractivity (Wildman–Crippen MR) is 64.7 cm³/mol. The first-order chi connectivity index (χ1) is 7.19. The molecule has 4 aliphatic carbocycles. The summed E-state index contributed by atoms with van der Waals surface area (Å²) in [7, 11) is 0. The molecular weight excluding hydrogens is 180 g/mol. The molecular formula is C15H24. The van der Waals surface area contributed by atoms with Crippen LogP contribution in [0.15, 0.2) is 12.2 Å². The van der Waals surface area contributed by atoms with Gasteiger partial charge in [0.2, 0.25) is 0 Å². The van der Waals surface area contributed by atoms with Crippen LogP contribution < -0.4 is 0 Å². The van der Waals surface area contributed by atoms with Gasteiger partial charge in [-0.15, -0.1) is 0 Å². The molecule has 0 radical (unpaired) electrons. The summed E-state index contributed by atoms with van der Waals surface area (Å²) in [5.74, 6) is 2.14. The zero-order chi connectivity index (χ0) is 10.5. The highest BCUT2D eigenvalue weighted by Gasteiger charge is 2.55. The smallest absolute Gasteiger partial charge is 0.0108 e. The van der Waals surface area contributed by atoms with Crippen LogP contribution in [0, 0.1) is 22.7 Å². The summed E-state index contributed by atoms with van der Waals surface area (Å²) in [6.07, 6.45) is 15.5. The monoisotopic (exact) mass is 204 g/mol. The molecule has 0 aromatic carbocycles. The normalized spacial score (nSPS) is 52.9. The molecule has 0 aliphatic heterocycles. The summed E-state index contributed by atoms with van der Waals surface area (Å²) in [6.45, 7) is 4.63. The van der Waals surface area contributed by atoms with Crippen LogP contribution in [0.4, 0.5) is 0 Å². The van der Waals surface area contributed by atoms with Crippen LogP contribution in [0.1, 0.15) is 58.8 Å². The Morgan fingerprint density at radius 3 is 2.33 bits per heavy atom. The number of rotatable bonds is 2. The van der Waals surface area contributed by atoms with Gasteiger partial charge in [0.25, 0.3) is 0 Å². The second-order valence-electron chi connectivity index (χ2n) is 6.68. The van der Waals surface area contributed by atoms with E-state index >= 15 is 0 Å². The lowest BCUT2D eigenvalue weighted by Gasteiger charge is -2.61. The molecule has 4 aliphatic rings. The maximum Gasteiger partial charge on any atom is -0.0108 e. The van der Waals surface area contributed by atoms with E-state index in [9.17, 15) is 0 Å². The van der Waals surface area contributed by atoms with E-state index in [1.54, 1.807) is 19.3 Å². The number of allylic oxidation sites excluding steroid dienone is 2. The van der Waals surface area contributed by atoms with Crippen LogP contribution in [-0.4, -0.2) is 0 Å². The molecule has 4 saturated carbocycles. The first kappa shape index (κ1) is 9.93. The van der Waals surface area contributed by atoms with E-state index in [0.717, 1.165) is 17.3 Å². The third-order valence-corrected chi connectivity index (χ3v) is 5.50. The van der Waals surface area contributed by atoms with Gasteiger partial charge >= 0.3 is 0 Å². The Kier molecular flexibility index (Phi) is 2.06. The minimum atomic E-state index is 0.634. The van der Waals surface area contributed by atoms with Crippen molar-refractivity contribution in [1.29, 1.82) is 0 Å². The van der Waals surface area contributed by atoms with Crippen molar-refractivity contribution < 1.29 is 0 Å². The van der Waals surface area contributed by atoms with Gasteiger partial charge in [-0.3, -0.25) is 0 Å². The number of hydrogen-bond acceptors (Lipinski definition) is 0. The second kappa shape index (κ2) is 3.12. The van der Waals surface area contributed by atoms with Crippen LogP contribution >= 0.6 is 0 Å². The quantitative estimate of drug-likeness (QED) is 0.578. The molecule has 0 amide bonds. The van der Waals surface area contributed by atoms with E-state index in [2.05, 4.69) is 26.0 Å². The fourth-order valence-electron chi connectivity index (χ4n) is 5.49. The third-order valence-electron chi connectivity index (χ3n) is 5.50. The van der Waals surface area contributed by atoms with Crippen molar-refractivity contribution in [2.24, 2.45) is 22.7 Å². The maximum absolute atomic E-state index is 2.56. The van der Waals surface area contributed by atoms with Gasteiger partial charge in [-0.25, -0.2) is 0 Å². The van der Waals surface area contributed by atoms with Gasteiger partial charge in [-0.1, -0.05) is 25.5 Å². The van der Waals surface area contributed by atoms with Gasteiger partial charge in [0.05, 0.1) is 0 Å². The first-order valence-corrected chi connectivity index (χ1v) is 6.83. The molecule has 0 heterocycles. The molecule has 84 valence electrons. The van der Waals surface area contributed by atoms with Crippen molar-refractivity contribution in [2.75, 3.05) is 0 Å². The molecule has 0 heteroatoms. The largest absolute Gasteiger partial charge is 0.0911 e. The van der Waals surface area contributed by atoms with Gasteiger partial charge in [-0.05, 0) is 68.1 Å². The average Bonchev–Trinajstić information content (AvgIpc) is 2.15. The van der Waals surface area contributed by atoms with Crippen molar-refractivity contribution in [3.8, 4) is 0 Å². The molecule has 4 fully saturated rings. The number of hydrogen-bond donors (Lipinski definition) is 0. The molecule has 2 unspecified atom stereocenters. The third kappa shape index (κ3) is 1.40. The van der Waals surface area contributed by atoms with Gasteiger partial charge < -0.3 is 0 Å². The van der Waals surface area contributed by atoms with Crippen LogP contribution in [0.3, 0.4) is 0 Å². The minimum absolute atomic E-state index is 0.634. The summed E-state index contributed by atoms with van der Waals surface area (Å²) >= 11 is 0. The molecule has 4 bridgehead atoms. The standard InChI is InChI=1S/C15H24/c1-3-5-15-9-12-6-13(10-15)8-14(4-2,7-12)11-15/h3,5,12-13H,4,6-11H2,1-2H3/b5-3-. The Morgan fingerprint density at radius 1 is 1.13 bits per heavy atom. The molecule has 4 rings (SSSR count). The van der Waals surface area contributed by atoms with Crippen LogP contribution in [0.5, 0.6) is 0 Å². The summed E-state index contributed by atoms with van der Waals surface area (Å²) in [5.41, 5.74) is 1.39. The molecule has 0 spiro atoms. The minimum Gasteiger partial charge on any atom is -0.0911 e. The highest BCUT2D eigenvalue weighted by atomic mass is 14.6. The van der Waals surface area contributed by atoms with Crippen LogP contribution in [0.2, 0.25) is 0 Å². The lowest BCUT2D eigenvalue weighted by molar-refractivity contribution is -0.0891. The molecule has 0 N–H and O–H groups in total. The van der Waals surface area contributed by atoms with E-state index in [1.165, 1.54) is 25.7 Å². The maximum atomic E-state index is 2.56. The summed E-state index contributed by atoms with van der Waals surface area (Å²) in [4.78, 5) is 0. The van der Waals surface area contributed by atoms with Crippen molar-refractivity contribution >= 4 is 0 Å². The Bertz CT molecular complexity index is 272. The molecule has 0 saturated heterocycles. The molecule has 0 aromatic heterocycles. The first-order valence-electron chi connectivity index (χ1n) is 6.83. The Morgan fingerprint density at radius 2 is 1.80 bits per heavy atom. The fraction of sp³-hybridized carbons (Fsp3) is 0.867. The van der Waals surface area contributed by atoms with E-state index < -0.39 is 0 Å². The van der Waals surface area contributed by atoms with E-state index in [4.69, 9.17) is 0 Å². The molecule has 0 nitrogen and oxygen atoms in total. The van der Waals surface area contributed by atoms with Gasteiger partial charge in [0, 0.05) is 0 Å². The van der Waals surface area contributed by atoms with Crippen molar-refractivity contribution in [3.05, 3.63) is 12.2 Å². The van der Waals surface area contributed by atoms with Gasteiger partial charge in [-0.2, -0.15) is 0 Å². The molecule has 15 heavy (non-hydrogen) atoms. The van der Waals surface area contributed by atoms with Crippen molar-refractivity contribution in [3.63, 3.8) is 0 Å². The Balaban J connectivity index is 1.95. The second-order valence-corrected chi connectivity index (χ2v) is 6.68. The highest BCUT2D eigenvalue weighted by molar-refractivity contribution is 5.13. The van der Waals surface area contributed by atoms with Gasteiger partial charge in [0.15, 0.2) is 0 Å². The fourth-order valence-corrected chi connectivity index (χ4v) is 5.49. The van der Waals surface area contributed by atoms with E-state index in [0.29, 0.717) is 5.41 Å². The Hall–Kier alpha value is -0.260. The van der Waals surface area contributed by atoms with E-state index in [-0.39, 0.29) is 0 Å². The van der Waals surface area contributed by atoms with Crippen molar-refractivity contribution in [1.82, 2.24) is 0 Å². The average molecular weight is 204 g/mol. The summed E-state index contributed by atoms with van der Waals surface area (Å²) in [6, 6.07) is 0. The highest BCUT2D eigenvalue weighted by Crippen LogP contribution is 2.66.